The van der Waals surface area contributed by atoms with E-state index in [0.29, 0.717) is 18.0 Å². The van der Waals surface area contributed by atoms with Crippen molar-refractivity contribution in [2.24, 2.45) is 0 Å². The number of rotatable bonds is 4. The number of hydrogen-bond acceptors (Lipinski definition) is 4. The van der Waals surface area contributed by atoms with Crippen LogP contribution >= 0.6 is 0 Å². The summed E-state index contributed by atoms with van der Waals surface area (Å²) in [6.45, 7) is 5.21. The van der Waals surface area contributed by atoms with Gasteiger partial charge in [0.1, 0.15) is 5.82 Å². The molecule has 1 atom stereocenters. The van der Waals surface area contributed by atoms with Gasteiger partial charge in [0, 0.05) is 31.2 Å². The molecular weight excluding hydrogens is 348 g/mol. The van der Waals surface area contributed by atoms with Gasteiger partial charge in [0.05, 0.1) is 22.1 Å². The zero-order chi connectivity index (χ0) is 18.3. The van der Waals surface area contributed by atoms with Crippen molar-refractivity contribution in [1.29, 1.82) is 0 Å². The Morgan fingerprint density at radius 1 is 1.15 bits per heavy atom. The first-order valence-electron chi connectivity index (χ1n) is 8.85. The van der Waals surface area contributed by atoms with Gasteiger partial charge in [-0.25, -0.2) is 13.4 Å². The predicted octanol–water partition coefficient (Wildman–Crippen LogP) is 3.19. The van der Waals surface area contributed by atoms with E-state index in [2.05, 4.69) is 23.4 Å². The Kier molecular flexibility index (Phi) is 4.28. The number of imidazole rings is 1. The molecule has 6 nitrogen and oxygen atoms in total. The molecule has 3 heterocycles. The molecule has 1 saturated heterocycles. The van der Waals surface area contributed by atoms with E-state index in [-0.39, 0.29) is 12.0 Å². The minimum Gasteiger partial charge on any atom is -0.324 e. The highest BCUT2D eigenvalue weighted by molar-refractivity contribution is 7.89. The Morgan fingerprint density at radius 3 is 2.65 bits per heavy atom. The highest BCUT2D eigenvalue weighted by Crippen LogP contribution is 2.33. The highest BCUT2D eigenvalue weighted by Gasteiger charge is 2.35. The molecule has 1 unspecified atom stereocenters. The maximum Gasteiger partial charge on any atom is 0.243 e. The van der Waals surface area contributed by atoms with Crippen LogP contribution in [0.3, 0.4) is 0 Å². The van der Waals surface area contributed by atoms with Crippen molar-refractivity contribution in [1.82, 2.24) is 18.8 Å². The summed E-state index contributed by atoms with van der Waals surface area (Å²) in [5.41, 5.74) is 1.91. The minimum absolute atomic E-state index is 0.0864. The monoisotopic (exact) mass is 370 g/mol. The second kappa shape index (κ2) is 6.48. The van der Waals surface area contributed by atoms with Crippen molar-refractivity contribution in [2.45, 2.75) is 37.1 Å². The normalized spacial score (nSPS) is 18.8. The zero-order valence-electron chi connectivity index (χ0n) is 14.9. The molecule has 4 rings (SSSR count). The van der Waals surface area contributed by atoms with E-state index >= 15 is 0 Å². The van der Waals surface area contributed by atoms with Crippen LogP contribution in [-0.4, -0.2) is 40.3 Å². The van der Waals surface area contributed by atoms with Crippen LogP contribution in [0.15, 0.2) is 53.7 Å². The van der Waals surface area contributed by atoms with Gasteiger partial charge >= 0.3 is 0 Å². The number of nitrogens with zero attached hydrogens (tertiary/aromatic N) is 4. The van der Waals surface area contributed by atoms with Gasteiger partial charge in [-0.1, -0.05) is 18.2 Å². The fourth-order valence-corrected chi connectivity index (χ4v) is 5.21. The molecule has 0 N–H and O–H groups in total. The van der Waals surface area contributed by atoms with Crippen LogP contribution in [0.25, 0.3) is 11.0 Å². The average Bonchev–Trinajstić information content (AvgIpc) is 3.27. The lowest BCUT2D eigenvalue weighted by Crippen LogP contribution is -2.29. The highest BCUT2D eigenvalue weighted by atomic mass is 32.2. The number of fused-ring (bicyclic) bond motifs is 1. The number of hydrogen-bond donors (Lipinski definition) is 0. The van der Waals surface area contributed by atoms with Crippen LogP contribution in [0.5, 0.6) is 0 Å². The first-order valence-corrected chi connectivity index (χ1v) is 10.3. The Labute approximate surface area is 153 Å². The summed E-state index contributed by atoms with van der Waals surface area (Å²) < 4.78 is 29.5. The molecule has 1 fully saturated rings. The average molecular weight is 370 g/mol. The van der Waals surface area contributed by atoms with E-state index in [1.54, 1.807) is 34.8 Å². The van der Waals surface area contributed by atoms with Crippen LogP contribution < -0.4 is 0 Å². The fraction of sp³-hybridized carbons (Fsp3) is 0.368. The molecule has 2 aromatic heterocycles. The van der Waals surface area contributed by atoms with E-state index < -0.39 is 10.0 Å². The van der Waals surface area contributed by atoms with Gasteiger partial charge in [0.15, 0.2) is 0 Å². The molecule has 1 aliphatic heterocycles. The van der Waals surface area contributed by atoms with Crippen molar-refractivity contribution >= 4 is 21.1 Å². The number of benzene rings is 1. The molecule has 1 aliphatic rings. The molecule has 0 bridgehead atoms. The second-order valence-electron chi connectivity index (χ2n) is 6.96. The van der Waals surface area contributed by atoms with E-state index in [1.165, 1.54) is 0 Å². The SMILES string of the molecule is CC(C)n1c(C2CCN(S(=O)(=O)c3ccccc3)C2)nc2ccncc21. The lowest BCUT2D eigenvalue weighted by Gasteiger charge is -2.18. The third kappa shape index (κ3) is 2.81. The summed E-state index contributed by atoms with van der Waals surface area (Å²) in [7, 11) is -3.46. The van der Waals surface area contributed by atoms with Crippen LogP contribution in [0.4, 0.5) is 0 Å². The van der Waals surface area contributed by atoms with Gasteiger partial charge in [0.2, 0.25) is 10.0 Å². The van der Waals surface area contributed by atoms with Gasteiger partial charge in [-0.05, 0) is 38.5 Å². The number of pyridine rings is 1. The van der Waals surface area contributed by atoms with Crippen molar-refractivity contribution in [2.75, 3.05) is 13.1 Å². The predicted molar refractivity (Wildman–Crippen MR) is 100 cm³/mol. The van der Waals surface area contributed by atoms with Crippen molar-refractivity contribution < 1.29 is 8.42 Å². The van der Waals surface area contributed by atoms with Crippen LogP contribution in [-0.2, 0) is 10.0 Å². The Morgan fingerprint density at radius 2 is 1.92 bits per heavy atom. The molecule has 0 radical (unpaired) electrons. The molecular formula is C19H22N4O2S. The van der Waals surface area contributed by atoms with E-state index in [0.717, 1.165) is 23.3 Å². The summed E-state index contributed by atoms with van der Waals surface area (Å²) in [5.74, 6) is 1.04. The Balaban J connectivity index is 1.68. The largest absolute Gasteiger partial charge is 0.324 e. The maximum absolute atomic E-state index is 12.9. The summed E-state index contributed by atoms with van der Waals surface area (Å²) in [6, 6.07) is 10.8. The molecule has 0 spiro atoms. The lowest BCUT2D eigenvalue weighted by atomic mass is 10.1. The van der Waals surface area contributed by atoms with Gasteiger partial charge < -0.3 is 4.57 Å². The third-order valence-corrected chi connectivity index (χ3v) is 6.81. The zero-order valence-corrected chi connectivity index (χ0v) is 15.7. The summed E-state index contributed by atoms with van der Waals surface area (Å²) in [5, 5.41) is 0. The minimum atomic E-state index is -3.46. The third-order valence-electron chi connectivity index (χ3n) is 4.93. The van der Waals surface area contributed by atoms with Crippen molar-refractivity contribution in [3.05, 3.63) is 54.6 Å². The van der Waals surface area contributed by atoms with Gasteiger partial charge in [-0.2, -0.15) is 4.31 Å². The summed E-state index contributed by atoms with van der Waals surface area (Å²) in [6.07, 6.45) is 4.35. The van der Waals surface area contributed by atoms with Gasteiger partial charge in [0.25, 0.3) is 0 Å². The van der Waals surface area contributed by atoms with Crippen LogP contribution in [0.1, 0.15) is 38.1 Å². The van der Waals surface area contributed by atoms with E-state index in [4.69, 9.17) is 4.98 Å². The maximum atomic E-state index is 12.9. The number of sulfonamides is 1. The Hall–Kier alpha value is -2.25. The molecule has 0 amide bonds. The van der Waals surface area contributed by atoms with E-state index in [9.17, 15) is 8.42 Å². The summed E-state index contributed by atoms with van der Waals surface area (Å²) >= 11 is 0. The molecule has 7 heteroatoms. The quantitative estimate of drug-likeness (QED) is 0.707. The Bertz CT molecular complexity index is 1030. The molecule has 0 aliphatic carbocycles. The second-order valence-corrected chi connectivity index (χ2v) is 8.90. The molecule has 26 heavy (non-hydrogen) atoms. The number of aromatic nitrogens is 3. The van der Waals surface area contributed by atoms with Crippen LogP contribution in [0.2, 0.25) is 0 Å². The van der Waals surface area contributed by atoms with Crippen molar-refractivity contribution in [3.63, 3.8) is 0 Å². The topological polar surface area (TPSA) is 68.1 Å². The standard InChI is InChI=1S/C19H22N4O2S/c1-14(2)23-18-12-20-10-8-17(18)21-19(23)15-9-11-22(13-15)26(24,25)16-6-4-3-5-7-16/h3-8,10,12,14-15H,9,11,13H2,1-2H3. The lowest BCUT2D eigenvalue weighted by molar-refractivity contribution is 0.466. The van der Waals surface area contributed by atoms with Gasteiger partial charge in [-0.15, -0.1) is 0 Å². The molecule has 136 valence electrons. The van der Waals surface area contributed by atoms with Crippen LogP contribution in [0, 0.1) is 0 Å². The molecule has 3 aromatic rings. The summed E-state index contributed by atoms with van der Waals surface area (Å²) in [4.78, 5) is 9.38. The van der Waals surface area contributed by atoms with Gasteiger partial charge in [-0.3, -0.25) is 4.98 Å². The smallest absolute Gasteiger partial charge is 0.243 e. The fourth-order valence-electron chi connectivity index (χ4n) is 3.69. The first kappa shape index (κ1) is 17.2. The molecule has 0 saturated carbocycles. The van der Waals surface area contributed by atoms with E-state index in [1.807, 2.05) is 18.3 Å². The first-order chi connectivity index (χ1) is 12.5. The van der Waals surface area contributed by atoms with Crippen molar-refractivity contribution in [3.8, 4) is 0 Å². The molecule has 1 aromatic carbocycles.